The van der Waals surface area contributed by atoms with E-state index in [1.54, 1.807) is 0 Å². The third kappa shape index (κ3) is 8.78. The molecule has 0 bridgehead atoms. The number of hydrogen-bond donors (Lipinski definition) is 0. The quantitative estimate of drug-likeness (QED) is 0.380. The van der Waals surface area contributed by atoms with Gasteiger partial charge in [0.25, 0.3) is 0 Å². The van der Waals surface area contributed by atoms with E-state index in [0.717, 1.165) is 0 Å². The largest absolute Gasteiger partial charge is 0.391 e. The van der Waals surface area contributed by atoms with Gasteiger partial charge in [-0.1, -0.05) is 0 Å². The van der Waals surface area contributed by atoms with Crippen LogP contribution in [0.4, 0.5) is 26.3 Å². The molecular formula is C6H7Cl3F6Si. The normalized spacial score (nSPS) is 16.3. The van der Waals surface area contributed by atoms with Crippen molar-refractivity contribution in [1.29, 1.82) is 0 Å². The highest BCUT2D eigenvalue weighted by molar-refractivity contribution is 7.64. The zero-order chi connectivity index (χ0) is 13.2. The molecular weight excluding hydrogens is 320 g/mol. The molecule has 0 rings (SSSR count). The maximum atomic E-state index is 12.3. The molecule has 0 heterocycles. The summed E-state index contributed by atoms with van der Waals surface area (Å²) in [6.45, 7) is 0. The first kappa shape index (κ1) is 16.7. The summed E-state index contributed by atoms with van der Waals surface area (Å²) in [6.07, 6.45) is -12.1. The van der Waals surface area contributed by atoms with Crippen LogP contribution < -0.4 is 0 Å². The van der Waals surface area contributed by atoms with Crippen LogP contribution in [0.25, 0.3) is 0 Å². The van der Waals surface area contributed by atoms with Gasteiger partial charge in [-0.3, -0.25) is 0 Å². The van der Waals surface area contributed by atoms with Crippen molar-refractivity contribution in [2.24, 2.45) is 5.92 Å². The average Bonchev–Trinajstić information content (AvgIpc) is 1.91. The van der Waals surface area contributed by atoms with Crippen molar-refractivity contribution < 1.29 is 26.3 Å². The highest BCUT2D eigenvalue weighted by Crippen LogP contribution is 2.41. The fourth-order valence-electron chi connectivity index (χ4n) is 0.999. The second kappa shape index (κ2) is 5.54. The Morgan fingerprint density at radius 1 is 0.938 bits per heavy atom. The van der Waals surface area contributed by atoms with E-state index >= 15 is 0 Å². The predicted octanol–water partition coefficient (Wildman–Crippen LogP) is 5.16. The monoisotopic (exact) mass is 326 g/mol. The summed E-state index contributed by atoms with van der Waals surface area (Å²) >= 11 is 15.8. The van der Waals surface area contributed by atoms with Gasteiger partial charge < -0.3 is 0 Å². The molecule has 0 aromatic carbocycles. The maximum Gasteiger partial charge on any atom is 0.391 e. The van der Waals surface area contributed by atoms with E-state index in [-0.39, 0.29) is 0 Å². The van der Waals surface area contributed by atoms with Crippen molar-refractivity contribution in [3.63, 3.8) is 0 Å². The van der Waals surface area contributed by atoms with Crippen LogP contribution in [0.1, 0.15) is 12.8 Å². The second-order valence-electron chi connectivity index (χ2n) is 3.21. The minimum atomic E-state index is -4.78. The van der Waals surface area contributed by atoms with Crippen LogP contribution in [-0.2, 0) is 0 Å². The van der Waals surface area contributed by atoms with E-state index < -0.39 is 43.2 Å². The Hall–Kier alpha value is 0.667. The number of hydrogen-bond acceptors (Lipinski definition) is 0. The summed E-state index contributed by atoms with van der Waals surface area (Å²) in [5, 5.41) is 0. The lowest BCUT2D eigenvalue weighted by atomic mass is 10.1. The van der Waals surface area contributed by atoms with Gasteiger partial charge >= 0.3 is 18.4 Å². The molecule has 0 aliphatic heterocycles. The zero-order valence-corrected chi connectivity index (χ0v) is 10.9. The molecule has 0 amide bonds. The third-order valence-corrected chi connectivity index (χ3v) is 4.06. The molecule has 1 unspecified atom stereocenters. The van der Waals surface area contributed by atoms with Crippen LogP contribution in [0.3, 0.4) is 0 Å². The van der Waals surface area contributed by atoms with Crippen molar-refractivity contribution in [3.8, 4) is 0 Å². The minimum Gasteiger partial charge on any atom is -0.171 e. The van der Waals surface area contributed by atoms with Crippen molar-refractivity contribution >= 4 is 39.2 Å². The standard InChI is InChI=1S/C6H7Cl3F6Si/c7-16(8,9)3-4(6(13,14)15)1-2-5(10,11)12/h4H,1-3H2. The fourth-order valence-corrected chi connectivity index (χ4v) is 3.67. The first-order valence-electron chi connectivity index (χ1n) is 4.01. The molecule has 0 spiro atoms. The number of halogens is 9. The Morgan fingerprint density at radius 2 is 1.38 bits per heavy atom. The zero-order valence-electron chi connectivity index (χ0n) is 7.60. The van der Waals surface area contributed by atoms with Gasteiger partial charge in [0, 0.05) is 6.42 Å². The lowest BCUT2D eigenvalue weighted by molar-refractivity contribution is -0.184. The van der Waals surface area contributed by atoms with Gasteiger partial charge in [0.2, 0.25) is 0 Å². The first-order valence-corrected chi connectivity index (χ1v) is 9.26. The van der Waals surface area contributed by atoms with E-state index in [9.17, 15) is 26.3 Å². The van der Waals surface area contributed by atoms with Gasteiger partial charge in [0.05, 0.1) is 5.92 Å². The first-order chi connectivity index (χ1) is 6.81. The summed E-state index contributed by atoms with van der Waals surface area (Å²) in [5.41, 5.74) is 0. The molecule has 0 radical (unpaired) electrons. The average molecular weight is 328 g/mol. The molecule has 1 atom stereocenters. The molecule has 0 aromatic heterocycles. The summed E-state index contributed by atoms with van der Waals surface area (Å²) in [5.74, 6) is -2.21. The topological polar surface area (TPSA) is 0 Å². The van der Waals surface area contributed by atoms with E-state index in [4.69, 9.17) is 33.2 Å². The highest BCUT2D eigenvalue weighted by Gasteiger charge is 2.46. The van der Waals surface area contributed by atoms with E-state index in [1.807, 2.05) is 0 Å². The van der Waals surface area contributed by atoms with Crippen LogP contribution in [0.2, 0.25) is 6.04 Å². The van der Waals surface area contributed by atoms with Crippen LogP contribution in [0, 0.1) is 5.92 Å². The molecule has 0 fully saturated rings. The Kier molecular flexibility index (Phi) is 5.77. The van der Waals surface area contributed by atoms with Crippen molar-refractivity contribution in [3.05, 3.63) is 0 Å². The lowest BCUT2D eigenvalue weighted by Gasteiger charge is -2.23. The Balaban J connectivity index is 4.47. The number of alkyl halides is 6. The van der Waals surface area contributed by atoms with Gasteiger partial charge in [-0.05, 0) is 12.5 Å². The molecule has 16 heavy (non-hydrogen) atoms. The van der Waals surface area contributed by atoms with Gasteiger partial charge in [0.1, 0.15) is 0 Å². The van der Waals surface area contributed by atoms with Gasteiger partial charge in [0.15, 0.2) is 0 Å². The predicted molar refractivity (Wildman–Crippen MR) is 53.0 cm³/mol. The van der Waals surface area contributed by atoms with Crippen LogP contribution in [-0.4, -0.2) is 18.4 Å². The molecule has 98 valence electrons. The molecule has 10 heteroatoms. The smallest absolute Gasteiger partial charge is 0.171 e. The van der Waals surface area contributed by atoms with E-state index in [1.165, 1.54) is 0 Å². The SMILES string of the molecule is FC(F)(F)CCC(C[Si](Cl)(Cl)Cl)C(F)(F)F. The minimum absolute atomic E-state index is 0.850. The van der Waals surface area contributed by atoms with Crippen molar-refractivity contribution in [2.75, 3.05) is 0 Å². The van der Waals surface area contributed by atoms with Gasteiger partial charge in [-0.15, -0.1) is 33.2 Å². The summed E-state index contributed by atoms with van der Waals surface area (Å²) < 4.78 is 72.3. The van der Waals surface area contributed by atoms with Crippen molar-refractivity contribution in [2.45, 2.75) is 31.2 Å². The van der Waals surface area contributed by atoms with Crippen LogP contribution in [0.5, 0.6) is 0 Å². The van der Waals surface area contributed by atoms with Gasteiger partial charge in [-0.25, -0.2) is 0 Å². The Bertz CT molecular complexity index is 220. The Labute approximate surface area is 103 Å². The molecule has 0 N–H and O–H groups in total. The molecule has 0 aliphatic rings. The van der Waals surface area contributed by atoms with E-state index in [0.29, 0.717) is 0 Å². The number of rotatable bonds is 4. The van der Waals surface area contributed by atoms with Crippen LogP contribution >= 0.6 is 33.2 Å². The molecule has 0 saturated heterocycles. The van der Waals surface area contributed by atoms with Crippen molar-refractivity contribution in [1.82, 2.24) is 0 Å². The fraction of sp³-hybridized carbons (Fsp3) is 1.00. The molecule has 0 nitrogen and oxygen atoms in total. The highest BCUT2D eigenvalue weighted by atomic mass is 35.8. The Morgan fingerprint density at radius 3 is 1.62 bits per heavy atom. The summed E-state index contributed by atoms with van der Waals surface area (Å²) in [4.78, 5) is 0. The van der Waals surface area contributed by atoms with E-state index in [2.05, 4.69) is 0 Å². The molecule has 0 aromatic rings. The van der Waals surface area contributed by atoms with Crippen LogP contribution in [0.15, 0.2) is 0 Å². The summed E-state index contributed by atoms with van der Waals surface area (Å²) in [6, 6.07) is -4.45. The third-order valence-electron chi connectivity index (χ3n) is 1.72. The second-order valence-corrected chi connectivity index (χ2v) is 12.4. The summed E-state index contributed by atoms with van der Waals surface area (Å²) in [7, 11) is 0. The van der Waals surface area contributed by atoms with Gasteiger partial charge in [-0.2, -0.15) is 26.3 Å². The molecule has 0 aliphatic carbocycles. The lowest BCUT2D eigenvalue weighted by Crippen LogP contribution is -2.29. The maximum absolute atomic E-state index is 12.3. The molecule has 0 saturated carbocycles.